The highest BCUT2D eigenvalue weighted by Crippen LogP contribution is 2.22. The number of hydrogen-bond acceptors (Lipinski definition) is 3. The van der Waals surface area contributed by atoms with Crippen molar-refractivity contribution in [1.82, 2.24) is 19.8 Å². The third-order valence-electron chi connectivity index (χ3n) is 4.56. The zero-order valence-electron chi connectivity index (χ0n) is 13.8. The largest absolute Gasteiger partial charge is 0.334 e. The van der Waals surface area contributed by atoms with Crippen molar-refractivity contribution in [2.24, 2.45) is 0 Å². The van der Waals surface area contributed by atoms with Gasteiger partial charge in [-0.15, -0.1) is 0 Å². The summed E-state index contributed by atoms with van der Waals surface area (Å²) in [5, 5.41) is 3.38. The number of hydrogen-bond donors (Lipinski definition) is 1. The third-order valence-corrected chi connectivity index (χ3v) is 4.56. The number of carbonyl (C=O) groups is 1. The van der Waals surface area contributed by atoms with Crippen molar-refractivity contribution in [2.45, 2.75) is 32.4 Å². The van der Waals surface area contributed by atoms with Crippen molar-refractivity contribution < 1.29 is 4.79 Å². The van der Waals surface area contributed by atoms with Gasteiger partial charge in [-0.25, -0.2) is 4.98 Å². The van der Waals surface area contributed by atoms with Gasteiger partial charge in [0.25, 0.3) is 5.91 Å². The van der Waals surface area contributed by atoms with Crippen molar-refractivity contribution in [3.05, 3.63) is 53.6 Å². The normalized spacial score (nSPS) is 17.4. The maximum atomic E-state index is 12.6. The van der Waals surface area contributed by atoms with Crippen molar-refractivity contribution in [1.29, 1.82) is 0 Å². The molecular weight excluding hydrogens is 288 g/mol. The highest BCUT2D eigenvalue weighted by Gasteiger charge is 2.18. The molecule has 3 rings (SSSR count). The molecule has 1 aromatic heterocycles. The highest BCUT2D eigenvalue weighted by molar-refractivity contribution is 5.94. The lowest BCUT2D eigenvalue weighted by atomic mass is 9.97. The molecule has 1 aliphatic rings. The zero-order valence-corrected chi connectivity index (χ0v) is 13.8. The fraction of sp³-hybridized carbons (Fsp3) is 0.444. The molecule has 1 atom stereocenters. The lowest BCUT2D eigenvalue weighted by Gasteiger charge is -2.18. The number of rotatable bonds is 5. The second-order valence-electron chi connectivity index (χ2n) is 6.10. The van der Waals surface area contributed by atoms with Crippen LogP contribution in [0.25, 0.3) is 0 Å². The molecule has 0 bridgehead atoms. The molecule has 1 N–H and O–H groups in total. The Balaban J connectivity index is 1.67. The van der Waals surface area contributed by atoms with Crippen LogP contribution in [0.4, 0.5) is 0 Å². The molecule has 1 fully saturated rings. The van der Waals surface area contributed by atoms with E-state index in [4.69, 9.17) is 0 Å². The fourth-order valence-corrected chi connectivity index (χ4v) is 3.12. The molecule has 0 aliphatic carbocycles. The predicted molar refractivity (Wildman–Crippen MR) is 90.4 cm³/mol. The van der Waals surface area contributed by atoms with E-state index < -0.39 is 0 Å². The summed E-state index contributed by atoms with van der Waals surface area (Å²) in [5.41, 5.74) is 2.05. The van der Waals surface area contributed by atoms with Gasteiger partial charge in [0.2, 0.25) is 0 Å². The summed E-state index contributed by atoms with van der Waals surface area (Å²) in [6, 6.07) is 8.06. The number of nitrogens with zero attached hydrogens (tertiary/aromatic N) is 3. The molecule has 1 aromatic carbocycles. The topological polar surface area (TPSA) is 50.2 Å². The van der Waals surface area contributed by atoms with Crippen LogP contribution in [-0.4, -0.2) is 40.5 Å². The van der Waals surface area contributed by atoms with Crippen molar-refractivity contribution in [2.75, 3.05) is 20.1 Å². The molecule has 0 spiro atoms. The van der Waals surface area contributed by atoms with Gasteiger partial charge in [0.1, 0.15) is 5.82 Å². The van der Waals surface area contributed by atoms with Crippen LogP contribution in [0.15, 0.2) is 36.7 Å². The Hall–Kier alpha value is -2.14. The molecule has 2 aromatic rings. The van der Waals surface area contributed by atoms with Crippen LogP contribution in [0.5, 0.6) is 0 Å². The smallest absolute Gasteiger partial charge is 0.254 e. The van der Waals surface area contributed by atoms with E-state index >= 15 is 0 Å². The second kappa shape index (κ2) is 6.96. The average molecular weight is 312 g/mol. The van der Waals surface area contributed by atoms with Crippen LogP contribution in [-0.2, 0) is 13.1 Å². The first-order valence-corrected chi connectivity index (χ1v) is 8.25. The van der Waals surface area contributed by atoms with Gasteiger partial charge in [-0.05, 0) is 43.5 Å². The van der Waals surface area contributed by atoms with Crippen LogP contribution in [0, 0.1) is 0 Å². The molecular formula is C18H24N4O. The van der Waals surface area contributed by atoms with Crippen LogP contribution < -0.4 is 5.32 Å². The van der Waals surface area contributed by atoms with E-state index in [0.29, 0.717) is 12.5 Å². The molecule has 2 heterocycles. The number of aromatic nitrogens is 2. The van der Waals surface area contributed by atoms with Gasteiger partial charge in [-0.2, -0.15) is 0 Å². The minimum absolute atomic E-state index is 0.0340. The summed E-state index contributed by atoms with van der Waals surface area (Å²) in [5.74, 6) is 1.53. The minimum Gasteiger partial charge on any atom is -0.334 e. The van der Waals surface area contributed by atoms with Gasteiger partial charge >= 0.3 is 0 Å². The van der Waals surface area contributed by atoms with Crippen molar-refractivity contribution >= 4 is 5.91 Å². The van der Waals surface area contributed by atoms with E-state index in [1.54, 1.807) is 11.1 Å². The quantitative estimate of drug-likeness (QED) is 0.921. The number of amides is 1. The third kappa shape index (κ3) is 3.45. The van der Waals surface area contributed by atoms with Gasteiger partial charge < -0.3 is 14.8 Å². The van der Waals surface area contributed by atoms with Gasteiger partial charge in [0.05, 0.1) is 6.54 Å². The van der Waals surface area contributed by atoms with E-state index in [9.17, 15) is 4.79 Å². The van der Waals surface area contributed by atoms with Crippen LogP contribution in [0.1, 0.15) is 41.0 Å². The molecule has 0 unspecified atom stereocenters. The van der Waals surface area contributed by atoms with E-state index in [1.807, 2.05) is 25.4 Å². The number of carbonyl (C=O) groups excluding carboxylic acids is 1. The first-order valence-electron chi connectivity index (χ1n) is 8.25. The molecule has 0 radical (unpaired) electrons. The summed E-state index contributed by atoms with van der Waals surface area (Å²) < 4.78 is 2.06. The Bertz CT molecular complexity index is 656. The zero-order chi connectivity index (χ0) is 16.2. The maximum Gasteiger partial charge on any atom is 0.254 e. The Morgan fingerprint density at radius 1 is 1.39 bits per heavy atom. The number of imidazole rings is 1. The van der Waals surface area contributed by atoms with E-state index in [1.165, 1.54) is 12.0 Å². The summed E-state index contributed by atoms with van der Waals surface area (Å²) in [6.45, 7) is 5.57. The molecule has 1 amide bonds. The van der Waals surface area contributed by atoms with Gasteiger partial charge in [0, 0.05) is 38.1 Å². The monoisotopic (exact) mass is 312 g/mol. The average Bonchev–Trinajstić information content (AvgIpc) is 3.25. The molecule has 1 saturated heterocycles. The van der Waals surface area contributed by atoms with Crippen LogP contribution in [0.2, 0.25) is 0 Å². The van der Waals surface area contributed by atoms with Gasteiger partial charge in [0.15, 0.2) is 0 Å². The van der Waals surface area contributed by atoms with Crippen molar-refractivity contribution in [3.8, 4) is 0 Å². The van der Waals surface area contributed by atoms with Crippen molar-refractivity contribution in [3.63, 3.8) is 0 Å². The molecule has 0 saturated carbocycles. The maximum absolute atomic E-state index is 12.6. The van der Waals surface area contributed by atoms with E-state index in [2.05, 4.69) is 33.9 Å². The minimum atomic E-state index is 0.0340. The standard InChI is InChI=1S/C18H24N4O/c1-3-22-11-10-20-17(22)13-21(2)18(23)15-6-4-14(5-7-15)16-8-9-19-12-16/h4-7,10-11,16,19H,3,8-9,12-13H2,1-2H3/t16-/m0/s1. The summed E-state index contributed by atoms with van der Waals surface area (Å²) in [6.07, 6.45) is 4.90. The summed E-state index contributed by atoms with van der Waals surface area (Å²) in [4.78, 5) is 18.6. The van der Waals surface area contributed by atoms with Crippen LogP contribution in [0.3, 0.4) is 0 Å². The highest BCUT2D eigenvalue weighted by atomic mass is 16.2. The van der Waals surface area contributed by atoms with Gasteiger partial charge in [-0.1, -0.05) is 12.1 Å². The molecule has 1 aliphatic heterocycles. The Morgan fingerprint density at radius 3 is 2.83 bits per heavy atom. The number of aryl methyl sites for hydroxylation is 1. The molecule has 122 valence electrons. The van der Waals surface area contributed by atoms with E-state index in [-0.39, 0.29) is 5.91 Å². The lowest BCUT2D eigenvalue weighted by molar-refractivity contribution is 0.0780. The fourth-order valence-electron chi connectivity index (χ4n) is 3.12. The second-order valence-corrected chi connectivity index (χ2v) is 6.10. The Labute approximate surface area is 137 Å². The first-order chi connectivity index (χ1) is 11.2. The van der Waals surface area contributed by atoms with Crippen LogP contribution >= 0.6 is 0 Å². The van der Waals surface area contributed by atoms with E-state index in [0.717, 1.165) is 31.0 Å². The SMILES string of the molecule is CCn1ccnc1CN(C)C(=O)c1ccc([C@H]2CCNC2)cc1. The first kappa shape index (κ1) is 15.7. The predicted octanol–water partition coefficient (Wildman–Crippen LogP) is 2.25. The summed E-state index contributed by atoms with van der Waals surface area (Å²) in [7, 11) is 1.83. The summed E-state index contributed by atoms with van der Waals surface area (Å²) >= 11 is 0. The molecule has 5 heteroatoms. The Kier molecular flexibility index (Phi) is 4.76. The lowest BCUT2D eigenvalue weighted by Crippen LogP contribution is -2.27. The molecule has 5 nitrogen and oxygen atoms in total. The number of benzene rings is 1. The van der Waals surface area contributed by atoms with Gasteiger partial charge in [-0.3, -0.25) is 4.79 Å². The Morgan fingerprint density at radius 2 is 2.17 bits per heavy atom. The number of nitrogens with one attached hydrogen (secondary N) is 1. The molecule has 23 heavy (non-hydrogen) atoms.